The number of hydrogen-bond acceptors (Lipinski definition) is 2. The number of rotatable bonds is 3. The maximum absolute atomic E-state index is 4.10. The normalized spacial score (nSPS) is 10.1. The second kappa shape index (κ2) is 5.30. The molecule has 2 aromatic rings. The lowest BCUT2D eigenvalue weighted by molar-refractivity contribution is 1.10. The van der Waals surface area contributed by atoms with Gasteiger partial charge in [-0.05, 0) is 58.8 Å². The Hall–Kier alpha value is -1.10. The highest BCUT2D eigenvalue weighted by atomic mass is 127. The average molecular weight is 324 g/mol. The number of benzene rings is 1. The van der Waals surface area contributed by atoms with Crippen LogP contribution in [0.4, 0.5) is 5.69 Å². The van der Waals surface area contributed by atoms with Gasteiger partial charge in [-0.1, -0.05) is 12.1 Å². The fraction of sp³-hybridized carbons (Fsp3) is 0.154. The third-order valence-corrected chi connectivity index (χ3v) is 3.64. The Kier molecular flexibility index (Phi) is 3.77. The van der Waals surface area contributed by atoms with Crippen LogP contribution in [0.5, 0.6) is 0 Å². The number of pyridine rings is 1. The Balaban J connectivity index is 2.08. The van der Waals surface area contributed by atoms with E-state index in [4.69, 9.17) is 0 Å². The smallest absolute Gasteiger partial charge is 0.0416 e. The van der Waals surface area contributed by atoms with E-state index in [1.54, 1.807) is 6.20 Å². The van der Waals surface area contributed by atoms with Gasteiger partial charge in [0.25, 0.3) is 0 Å². The monoisotopic (exact) mass is 324 g/mol. The van der Waals surface area contributed by atoms with Crippen LogP contribution >= 0.6 is 22.6 Å². The van der Waals surface area contributed by atoms with Crippen molar-refractivity contribution in [2.24, 2.45) is 0 Å². The van der Waals surface area contributed by atoms with Gasteiger partial charge in [-0.2, -0.15) is 0 Å². The molecule has 0 saturated carbocycles. The minimum absolute atomic E-state index is 0.814. The molecule has 82 valence electrons. The molecule has 0 aliphatic heterocycles. The highest BCUT2D eigenvalue weighted by Gasteiger charge is 2.00. The molecule has 0 radical (unpaired) electrons. The summed E-state index contributed by atoms with van der Waals surface area (Å²) in [5, 5.41) is 3.43. The zero-order chi connectivity index (χ0) is 11.4. The van der Waals surface area contributed by atoms with E-state index in [1.165, 1.54) is 20.4 Å². The molecule has 0 atom stereocenters. The van der Waals surface area contributed by atoms with Crippen molar-refractivity contribution in [1.82, 2.24) is 4.98 Å². The van der Waals surface area contributed by atoms with Crippen molar-refractivity contribution >= 4 is 28.3 Å². The second-order valence-electron chi connectivity index (χ2n) is 3.63. The molecule has 0 bridgehead atoms. The van der Waals surface area contributed by atoms with Gasteiger partial charge < -0.3 is 5.32 Å². The number of nitrogens with one attached hydrogen (secondary N) is 1. The van der Waals surface area contributed by atoms with E-state index in [0.29, 0.717) is 0 Å². The molecule has 0 aliphatic carbocycles. The Labute approximate surface area is 109 Å². The Morgan fingerprint density at radius 3 is 2.88 bits per heavy atom. The Bertz CT molecular complexity index is 469. The molecule has 0 saturated heterocycles. The van der Waals surface area contributed by atoms with Gasteiger partial charge in [0, 0.05) is 28.2 Å². The van der Waals surface area contributed by atoms with Crippen molar-refractivity contribution < 1.29 is 0 Å². The fourth-order valence-electron chi connectivity index (χ4n) is 1.50. The molecule has 1 heterocycles. The summed E-state index contributed by atoms with van der Waals surface area (Å²) in [6.07, 6.45) is 3.68. The summed E-state index contributed by atoms with van der Waals surface area (Å²) in [6.45, 7) is 2.95. The zero-order valence-corrected chi connectivity index (χ0v) is 11.2. The van der Waals surface area contributed by atoms with Crippen LogP contribution in [0.2, 0.25) is 0 Å². The first kappa shape index (κ1) is 11.4. The Morgan fingerprint density at radius 2 is 2.12 bits per heavy atom. The van der Waals surface area contributed by atoms with Crippen LogP contribution in [-0.2, 0) is 6.54 Å². The van der Waals surface area contributed by atoms with E-state index >= 15 is 0 Å². The first-order valence-corrected chi connectivity index (χ1v) is 6.23. The van der Waals surface area contributed by atoms with Gasteiger partial charge in [0.05, 0.1) is 0 Å². The summed E-state index contributed by atoms with van der Waals surface area (Å²) in [7, 11) is 0. The predicted molar refractivity (Wildman–Crippen MR) is 75.5 cm³/mol. The van der Waals surface area contributed by atoms with E-state index in [-0.39, 0.29) is 0 Å². The SMILES string of the molecule is Cc1c(I)cccc1NCc1cccnc1. The quantitative estimate of drug-likeness (QED) is 0.873. The number of hydrogen-bond donors (Lipinski definition) is 1. The fourth-order valence-corrected chi connectivity index (χ4v) is 2.00. The summed E-state index contributed by atoms with van der Waals surface area (Å²) in [5.74, 6) is 0. The van der Waals surface area contributed by atoms with Crippen molar-refractivity contribution in [3.8, 4) is 0 Å². The summed E-state index contributed by atoms with van der Waals surface area (Å²) in [5.41, 5.74) is 3.68. The maximum Gasteiger partial charge on any atom is 0.0416 e. The highest BCUT2D eigenvalue weighted by Crippen LogP contribution is 2.20. The molecule has 0 amide bonds. The van der Waals surface area contributed by atoms with E-state index in [9.17, 15) is 0 Å². The van der Waals surface area contributed by atoms with Crippen LogP contribution < -0.4 is 5.32 Å². The number of halogens is 1. The maximum atomic E-state index is 4.10. The summed E-state index contributed by atoms with van der Waals surface area (Å²) in [6, 6.07) is 10.3. The minimum atomic E-state index is 0.814. The molecular weight excluding hydrogens is 311 g/mol. The van der Waals surface area contributed by atoms with E-state index in [1.807, 2.05) is 12.3 Å². The number of anilines is 1. The lowest BCUT2D eigenvalue weighted by Gasteiger charge is -2.10. The molecule has 1 aromatic heterocycles. The van der Waals surface area contributed by atoms with Gasteiger partial charge >= 0.3 is 0 Å². The van der Waals surface area contributed by atoms with Crippen molar-refractivity contribution in [2.45, 2.75) is 13.5 Å². The molecule has 0 aliphatic rings. The number of nitrogens with zero attached hydrogens (tertiary/aromatic N) is 1. The van der Waals surface area contributed by atoms with Crippen LogP contribution in [0.15, 0.2) is 42.7 Å². The van der Waals surface area contributed by atoms with Crippen molar-refractivity contribution in [3.63, 3.8) is 0 Å². The van der Waals surface area contributed by atoms with E-state index < -0.39 is 0 Å². The first-order chi connectivity index (χ1) is 7.77. The van der Waals surface area contributed by atoms with Crippen LogP contribution in [0.3, 0.4) is 0 Å². The van der Waals surface area contributed by atoms with Gasteiger partial charge in [0.2, 0.25) is 0 Å². The van der Waals surface area contributed by atoms with Crippen LogP contribution in [-0.4, -0.2) is 4.98 Å². The van der Waals surface area contributed by atoms with E-state index in [0.717, 1.165) is 6.54 Å². The molecule has 0 unspecified atom stereocenters. The summed E-state index contributed by atoms with van der Waals surface area (Å²) < 4.78 is 1.29. The predicted octanol–water partition coefficient (Wildman–Crippen LogP) is 3.61. The largest absolute Gasteiger partial charge is 0.381 e. The van der Waals surface area contributed by atoms with Crippen molar-refractivity contribution in [1.29, 1.82) is 0 Å². The van der Waals surface area contributed by atoms with Crippen LogP contribution in [0.1, 0.15) is 11.1 Å². The topological polar surface area (TPSA) is 24.9 Å². The molecule has 1 aromatic carbocycles. The average Bonchev–Trinajstić information content (AvgIpc) is 2.32. The van der Waals surface area contributed by atoms with Crippen molar-refractivity contribution in [3.05, 3.63) is 57.4 Å². The molecule has 2 rings (SSSR count). The van der Waals surface area contributed by atoms with Crippen LogP contribution in [0.25, 0.3) is 0 Å². The van der Waals surface area contributed by atoms with Gasteiger partial charge in [-0.25, -0.2) is 0 Å². The van der Waals surface area contributed by atoms with Gasteiger partial charge in [-0.3, -0.25) is 4.98 Å². The van der Waals surface area contributed by atoms with E-state index in [2.05, 4.69) is 64.1 Å². The lowest BCUT2D eigenvalue weighted by Crippen LogP contribution is -2.01. The molecule has 1 N–H and O–H groups in total. The third kappa shape index (κ3) is 2.72. The summed E-state index contributed by atoms with van der Waals surface area (Å²) >= 11 is 2.35. The molecule has 3 heteroatoms. The van der Waals surface area contributed by atoms with Gasteiger partial charge in [0.15, 0.2) is 0 Å². The summed E-state index contributed by atoms with van der Waals surface area (Å²) in [4.78, 5) is 4.10. The Morgan fingerprint density at radius 1 is 1.25 bits per heavy atom. The lowest BCUT2D eigenvalue weighted by atomic mass is 10.2. The van der Waals surface area contributed by atoms with Crippen LogP contribution in [0, 0.1) is 10.5 Å². The highest BCUT2D eigenvalue weighted by molar-refractivity contribution is 14.1. The zero-order valence-electron chi connectivity index (χ0n) is 9.07. The molecule has 16 heavy (non-hydrogen) atoms. The minimum Gasteiger partial charge on any atom is -0.381 e. The second-order valence-corrected chi connectivity index (χ2v) is 4.79. The number of aromatic nitrogens is 1. The molecule has 0 fully saturated rings. The van der Waals surface area contributed by atoms with Crippen molar-refractivity contribution in [2.75, 3.05) is 5.32 Å². The van der Waals surface area contributed by atoms with Gasteiger partial charge in [-0.15, -0.1) is 0 Å². The van der Waals surface area contributed by atoms with Gasteiger partial charge in [0.1, 0.15) is 0 Å². The third-order valence-electron chi connectivity index (χ3n) is 2.47. The molecular formula is C13H13IN2. The molecule has 2 nitrogen and oxygen atoms in total. The molecule has 0 spiro atoms. The first-order valence-electron chi connectivity index (χ1n) is 5.15. The standard InChI is InChI=1S/C13H13IN2/c1-10-12(14)5-2-6-13(10)16-9-11-4-3-7-15-8-11/h2-8,16H,9H2,1H3.